The SMILES string of the molecule is CCC(=O)CC(Cc1c[nH]c2ccccc12)C(=O)NC(CC(N)=O)C(=O)CC(CC(=O)O)C(=O)CC1C(=O)NCC(=O)NC(CCCN)C(=O)CC(C)C(=O)NC(C)C(=O)NC(C)C(=O)NCC(=O)NC(CO)C(=O)CC(C(C)C)C(=O)NC(CC(=O)c2ccccc2N)C(=O)OC1C.O=C=O.O=C=O.O=C=O. The number of ketones is 6. The first-order valence-electron chi connectivity index (χ1n) is 33.8. The number of aromatic amines is 1. The van der Waals surface area contributed by atoms with Crippen LogP contribution in [-0.2, 0) is 117 Å². The number of cyclic esters (lactones) is 1. The highest BCUT2D eigenvalue weighted by molar-refractivity contribution is 6.05. The molecule has 1 saturated heterocycles. The topological polar surface area (TPSA) is 632 Å². The van der Waals surface area contributed by atoms with Gasteiger partial charge in [0.25, 0.3) is 0 Å². The van der Waals surface area contributed by atoms with Crippen LogP contribution in [0.25, 0.3) is 10.9 Å². The number of fused-ring (bicyclic) bond motifs is 1. The highest BCUT2D eigenvalue weighted by Crippen LogP contribution is 2.27. The number of carbonyl (C=O) groups is 17. The summed E-state index contributed by atoms with van der Waals surface area (Å²) >= 11 is 0. The third-order valence-electron chi connectivity index (χ3n) is 16.9. The molecule has 0 bridgehead atoms. The van der Waals surface area contributed by atoms with Gasteiger partial charge in [-0.15, -0.1) is 0 Å². The number of aliphatic hydroxyl groups excluding tert-OH is 1. The Morgan fingerprint density at radius 1 is 0.639 bits per heavy atom. The second-order valence-electron chi connectivity index (χ2n) is 25.3. The van der Waals surface area contributed by atoms with Crippen molar-refractivity contribution >= 4 is 135 Å². The molecule has 1 aliphatic heterocycles. The number of benzene rings is 2. The average molecular weight is 1520 g/mol. The smallest absolute Gasteiger partial charge is 0.373 e. The van der Waals surface area contributed by atoms with Gasteiger partial charge >= 0.3 is 30.4 Å². The molecule has 38 nitrogen and oxygen atoms in total. The fraction of sp³-hybridized carbons (Fsp3) is 0.514. The van der Waals surface area contributed by atoms with Gasteiger partial charge in [-0.25, -0.2) is 4.79 Å². The van der Waals surface area contributed by atoms with Crippen LogP contribution in [0.2, 0.25) is 0 Å². The minimum atomic E-state index is -2.01. The molecule has 0 aliphatic carbocycles. The number of amides is 9. The van der Waals surface area contributed by atoms with Crippen LogP contribution in [-0.4, -0.2) is 202 Å². The number of rotatable bonds is 25. The van der Waals surface area contributed by atoms with Crippen LogP contribution in [0.1, 0.15) is 135 Å². The number of para-hydroxylation sites is 2. The Bertz CT molecular complexity index is 3790. The molecule has 0 saturated carbocycles. The largest absolute Gasteiger partial charge is 0.481 e. The van der Waals surface area contributed by atoms with Crippen molar-refractivity contribution in [3.05, 3.63) is 65.9 Å². The molecule has 1 fully saturated rings. The Hall–Kier alpha value is -12.0. The van der Waals surface area contributed by atoms with E-state index in [2.05, 4.69) is 47.5 Å². The second kappa shape index (κ2) is 48.9. The van der Waals surface area contributed by atoms with Gasteiger partial charge in [0.2, 0.25) is 53.2 Å². The number of esters is 1. The first-order chi connectivity index (χ1) is 50.9. The summed E-state index contributed by atoms with van der Waals surface area (Å²) in [6.45, 7) is 6.81. The molecule has 1 aliphatic rings. The second-order valence-corrected chi connectivity index (χ2v) is 25.3. The summed E-state index contributed by atoms with van der Waals surface area (Å²) in [5.41, 5.74) is 18.6. The first-order valence-corrected chi connectivity index (χ1v) is 33.8. The minimum absolute atomic E-state index is 0.0233. The fourth-order valence-electron chi connectivity index (χ4n) is 10.9. The monoisotopic (exact) mass is 1520 g/mol. The van der Waals surface area contributed by atoms with Gasteiger partial charge < -0.3 is 79.7 Å². The van der Waals surface area contributed by atoms with Gasteiger partial charge in [-0.05, 0) is 76.3 Å². The molecule has 2 aromatic carbocycles. The van der Waals surface area contributed by atoms with Gasteiger partial charge in [-0.1, -0.05) is 58.0 Å². The number of primary amides is 1. The van der Waals surface area contributed by atoms with Crippen LogP contribution in [0.3, 0.4) is 0 Å². The number of ether oxygens (including phenoxy) is 1. The Morgan fingerprint density at radius 2 is 1.19 bits per heavy atom. The minimum Gasteiger partial charge on any atom is -0.481 e. The molecule has 12 unspecified atom stereocenters. The molecule has 0 spiro atoms. The lowest BCUT2D eigenvalue weighted by Gasteiger charge is -2.28. The molecule has 1 aromatic heterocycles. The van der Waals surface area contributed by atoms with E-state index >= 15 is 0 Å². The van der Waals surface area contributed by atoms with Crippen molar-refractivity contribution in [3.63, 3.8) is 0 Å². The lowest BCUT2D eigenvalue weighted by atomic mass is 9.84. The number of H-pyrrole nitrogens is 1. The number of carboxylic acids is 1. The summed E-state index contributed by atoms with van der Waals surface area (Å²) in [7, 11) is 0. The zero-order chi connectivity index (χ0) is 82.1. The van der Waals surface area contributed by atoms with Crippen LogP contribution in [0.5, 0.6) is 0 Å². The van der Waals surface area contributed by atoms with Gasteiger partial charge in [0.05, 0.1) is 50.5 Å². The van der Waals surface area contributed by atoms with Crippen molar-refractivity contribution in [1.82, 2.24) is 47.5 Å². The van der Waals surface area contributed by atoms with Crippen molar-refractivity contribution < 1.29 is 125 Å². The number of anilines is 1. The van der Waals surface area contributed by atoms with E-state index in [4.69, 9.17) is 50.7 Å². The molecular weight excluding hydrogens is 1420 g/mol. The van der Waals surface area contributed by atoms with Crippen molar-refractivity contribution in [2.45, 2.75) is 168 Å². The summed E-state index contributed by atoms with van der Waals surface area (Å²) in [6.07, 6.45) is -5.96. The maximum atomic E-state index is 14.7. The standard InChI is InChI=1S/C67H92N12O20.3CO2/c1-8-41(81)22-39(21-40-29-71-47-17-12-10-14-42(40)47)64(95)78-49(28-57(70)87)55(85)23-38(24-60(90)91)52(82)26-45-37(7)99-67(98)50(27-53(83)43-15-9-11-16-46(43)69)79-66(97)44(33(2)3)25-56(86)51(32-80)77-59(89)30-72-62(93)35(5)75-63(94)36(6)74-61(92)34(4)20-54(84)48(18-13-19-68)76-58(88)31-73-65(45)96;3*2-1-3/h9-12,14-17,29,33-39,44-45,48-51,71,80H,8,13,18-28,30-32,68-69H2,1-7H3,(H2,70,87)(H,72,93)(H,73,96)(H,74,92)(H,75,94)(H,76,88)(H,77,89)(H,78,95)(H,79,97)(H,90,91);;;. The Kier molecular flexibility index (Phi) is 42.6. The van der Waals surface area contributed by atoms with Crippen molar-refractivity contribution in [2.75, 3.05) is 32.0 Å². The van der Waals surface area contributed by atoms with Crippen molar-refractivity contribution in [3.8, 4) is 0 Å². The predicted molar refractivity (Wildman–Crippen MR) is 369 cm³/mol. The molecule has 0 radical (unpaired) electrons. The maximum Gasteiger partial charge on any atom is 0.373 e. The summed E-state index contributed by atoms with van der Waals surface area (Å²) in [5.74, 6) is -25.3. The fourth-order valence-corrected chi connectivity index (χ4v) is 10.9. The number of nitrogens with one attached hydrogen (secondary N) is 9. The third-order valence-corrected chi connectivity index (χ3v) is 16.9. The number of Topliss-reactive ketones (excluding diaryl/α,β-unsaturated/α-hetero) is 6. The van der Waals surface area contributed by atoms with Gasteiger partial charge in [0, 0.05) is 97.0 Å². The van der Waals surface area contributed by atoms with Crippen LogP contribution in [0, 0.1) is 35.5 Å². The van der Waals surface area contributed by atoms with Gasteiger partial charge in [0.15, 0.2) is 23.1 Å². The van der Waals surface area contributed by atoms with E-state index in [0.717, 1.165) is 17.8 Å². The Balaban J connectivity index is 0.00000615. The summed E-state index contributed by atoms with van der Waals surface area (Å²) in [6, 6.07) is 3.30. The third kappa shape index (κ3) is 33.0. The summed E-state index contributed by atoms with van der Waals surface area (Å²) in [5, 5.41) is 40.2. The van der Waals surface area contributed by atoms with E-state index in [9.17, 15) is 91.7 Å². The quantitative estimate of drug-likeness (QED) is 0.0228. The van der Waals surface area contributed by atoms with Crippen LogP contribution < -0.4 is 59.7 Å². The number of hydrogen-bond donors (Lipinski definition) is 14. The Labute approximate surface area is 618 Å². The molecule has 4 rings (SSSR count). The average Bonchev–Trinajstić information content (AvgIpc) is 1.51. The number of hydrogen-bond acceptors (Lipinski definition) is 27. The number of aliphatic carboxylic acids is 1. The molecule has 588 valence electrons. The van der Waals surface area contributed by atoms with E-state index < -0.39 is 237 Å². The normalized spacial score (nSPS) is 21.1. The van der Waals surface area contributed by atoms with Crippen molar-refractivity contribution in [2.24, 2.45) is 47.0 Å². The van der Waals surface area contributed by atoms with Gasteiger partial charge in [-0.3, -0.25) is 76.7 Å². The van der Waals surface area contributed by atoms with Crippen LogP contribution >= 0.6 is 0 Å². The van der Waals surface area contributed by atoms with E-state index in [1.54, 1.807) is 37.4 Å². The number of nitrogen functional groups attached to an aromatic ring is 1. The van der Waals surface area contributed by atoms with E-state index in [1.807, 2.05) is 0 Å². The molecule has 3 aromatic rings. The van der Waals surface area contributed by atoms with Gasteiger partial charge in [-0.2, -0.15) is 28.8 Å². The molecular formula is C70H92N12O26. The number of aromatic nitrogens is 1. The molecule has 12 atom stereocenters. The number of aliphatic hydroxyl groups is 1. The number of carboxylic acid groups (broad SMARTS) is 1. The summed E-state index contributed by atoms with van der Waals surface area (Å²) in [4.78, 5) is 285. The van der Waals surface area contributed by atoms with Crippen molar-refractivity contribution in [1.29, 1.82) is 0 Å². The van der Waals surface area contributed by atoms with E-state index in [0.29, 0.717) is 5.56 Å². The highest BCUT2D eigenvalue weighted by Gasteiger charge is 2.40. The van der Waals surface area contributed by atoms with E-state index in [-0.39, 0.29) is 74.1 Å². The maximum absolute atomic E-state index is 14.7. The molecule has 9 amide bonds. The van der Waals surface area contributed by atoms with E-state index in [1.165, 1.54) is 58.9 Å². The predicted octanol–water partition coefficient (Wildman–Crippen LogP) is -3.01. The first kappa shape index (κ1) is 94.0. The lowest BCUT2D eigenvalue weighted by molar-refractivity contribution is -0.193. The highest BCUT2D eigenvalue weighted by atomic mass is 16.5. The molecule has 38 heteroatoms. The van der Waals surface area contributed by atoms with Crippen LogP contribution in [0.4, 0.5) is 5.69 Å². The number of carbonyl (C=O) groups excluding carboxylic acids is 22. The zero-order valence-electron chi connectivity index (χ0n) is 60.4. The van der Waals surface area contributed by atoms with Crippen LogP contribution in [0.15, 0.2) is 54.7 Å². The lowest BCUT2D eigenvalue weighted by Crippen LogP contribution is -2.54. The molecule has 108 heavy (non-hydrogen) atoms. The zero-order valence-corrected chi connectivity index (χ0v) is 60.4. The Morgan fingerprint density at radius 3 is 1.76 bits per heavy atom. The number of nitrogens with two attached hydrogens (primary N) is 3. The summed E-state index contributed by atoms with van der Waals surface area (Å²) < 4.78 is 5.82. The molecule has 2 heterocycles. The van der Waals surface area contributed by atoms with Gasteiger partial charge in [0.1, 0.15) is 41.8 Å². The molecule has 17 N–H and O–H groups in total.